The van der Waals surface area contributed by atoms with E-state index in [9.17, 15) is 0 Å². The third kappa shape index (κ3) is 2.42. The Hall–Kier alpha value is -1.26. The summed E-state index contributed by atoms with van der Waals surface area (Å²) in [5, 5.41) is 2.17. The quantitative estimate of drug-likeness (QED) is 0.839. The maximum absolute atomic E-state index is 6.06. The summed E-state index contributed by atoms with van der Waals surface area (Å²) in [6, 6.07) is 6.65. The van der Waals surface area contributed by atoms with Crippen LogP contribution < -0.4 is 9.47 Å². The summed E-state index contributed by atoms with van der Waals surface area (Å²) < 4.78 is 10.6. The van der Waals surface area contributed by atoms with E-state index in [0.29, 0.717) is 6.04 Å². The smallest absolute Gasteiger partial charge is 0.161 e. The Kier molecular flexibility index (Phi) is 3.62. The Balaban J connectivity index is 1.79. The zero-order chi connectivity index (χ0) is 13.2. The Morgan fingerprint density at radius 3 is 2.74 bits per heavy atom. The molecule has 0 N–H and O–H groups in total. The minimum Gasteiger partial charge on any atom is -0.493 e. The van der Waals surface area contributed by atoms with Crippen LogP contribution in [0.3, 0.4) is 0 Å². The van der Waals surface area contributed by atoms with Crippen LogP contribution >= 0.6 is 0 Å². The first-order chi connectivity index (χ1) is 9.31. The minimum absolute atomic E-state index is 0.155. The molecule has 3 rings (SSSR count). The summed E-state index contributed by atoms with van der Waals surface area (Å²) >= 11 is 0. The van der Waals surface area contributed by atoms with Gasteiger partial charge in [-0.05, 0) is 37.0 Å². The number of piperidine rings is 1. The van der Waals surface area contributed by atoms with Crippen molar-refractivity contribution in [2.75, 3.05) is 20.8 Å². The lowest BCUT2D eigenvalue weighted by Crippen LogP contribution is -2.32. The molecule has 0 spiro atoms. The molecule has 4 nitrogen and oxygen atoms in total. The topological polar surface area (TPSA) is 30.9 Å². The lowest BCUT2D eigenvalue weighted by molar-refractivity contribution is -0.173. The summed E-state index contributed by atoms with van der Waals surface area (Å²) in [4.78, 5) is 6.06. The van der Waals surface area contributed by atoms with Gasteiger partial charge in [0.05, 0.1) is 14.2 Å². The van der Waals surface area contributed by atoms with Crippen LogP contribution in [0.15, 0.2) is 18.2 Å². The molecular weight excluding hydrogens is 242 g/mol. The van der Waals surface area contributed by atoms with Gasteiger partial charge < -0.3 is 9.47 Å². The molecule has 2 atom stereocenters. The van der Waals surface area contributed by atoms with Gasteiger partial charge in [0.15, 0.2) is 11.5 Å². The summed E-state index contributed by atoms with van der Waals surface area (Å²) in [6.45, 7) is 1.06. The standard InChI is InChI=1S/C15H21NO3/c1-17-13-7-6-11(9-15(13)18-2)14-10-12-5-3-4-8-16(12)19-14/h6-7,9,12,14H,3-5,8,10H2,1-2H3. The van der Waals surface area contributed by atoms with Crippen LogP contribution in [0, 0.1) is 0 Å². The van der Waals surface area contributed by atoms with Crippen molar-refractivity contribution in [3.63, 3.8) is 0 Å². The van der Waals surface area contributed by atoms with Crippen molar-refractivity contribution in [1.82, 2.24) is 5.06 Å². The lowest BCUT2D eigenvalue weighted by atomic mass is 9.97. The fourth-order valence-electron chi connectivity index (χ4n) is 3.05. The molecule has 0 bridgehead atoms. The van der Waals surface area contributed by atoms with E-state index >= 15 is 0 Å². The molecule has 2 saturated heterocycles. The largest absolute Gasteiger partial charge is 0.493 e. The van der Waals surface area contributed by atoms with Crippen molar-refractivity contribution in [2.45, 2.75) is 37.8 Å². The summed E-state index contributed by atoms with van der Waals surface area (Å²) in [5.41, 5.74) is 1.17. The third-order valence-corrected chi connectivity index (χ3v) is 4.10. The van der Waals surface area contributed by atoms with Gasteiger partial charge in [0.25, 0.3) is 0 Å². The zero-order valence-electron chi connectivity index (χ0n) is 11.6. The van der Waals surface area contributed by atoms with Gasteiger partial charge >= 0.3 is 0 Å². The van der Waals surface area contributed by atoms with Crippen LogP contribution in [0.1, 0.15) is 37.4 Å². The molecule has 2 fully saturated rings. The third-order valence-electron chi connectivity index (χ3n) is 4.10. The van der Waals surface area contributed by atoms with Crippen LogP contribution in [0.4, 0.5) is 0 Å². The number of methoxy groups -OCH3 is 2. The molecule has 104 valence electrons. The molecule has 0 aromatic heterocycles. The Labute approximate surface area is 114 Å². The monoisotopic (exact) mass is 263 g/mol. The van der Waals surface area contributed by atoms with Gasteiger partial charge in [0.1, 0.15) is 6.10 Å². The summed E-state index contributed by atoms with van der Waals surface area (Å²) in [6.07, 6.45) is 5.06. The van der Waals surface area contributed by atoms with Crippen LogP contribution in [0.5, 0.6) is 11.5 Å². The van der Waals surface area contributed by atoms with E-state index < -0.39 is 0 Å². The Morgan fingerprint density at radius 2 is 2.00 bits per heavy atom. The molecule has 2 aliphatic rings. The number of rotatable bonds is 3. The lowest BCUT2D eigenvalue weighted by Gasteiger charge is -2.26. The predicted molar refractivity (Wildman–Crippen MR) is 72.3 cm³/mol. The number of hydroxylamine groups is 2. The van der Waals surface area contributed by atoms with E-state index in [0.717, 1.165) is 24.5 Å². The normalized spacial score (nSPS) is 27.1. The average Bonchev–Trinajstić information content (AvgIpc) is 2.90. The maximum atomic E-state index is 6.06. The van der Waals surface area contributed by atoms with E-state index in [1.54, 1.807) is 14.2 Å². The molecule has 4 heteroatoms. The number of nitrogens with zero attached hydrogens (tertiary/aromatic N) is 1. The van der Waals surface area contributed by atoms with Crippen molar-refractivity contribution in [3.05, 3.63) is 23.8 Å². The van der Waals surface area contributed by atoms with Crippen LogP contribution in [-0.2, 0) is 4.84 Å². The molecule has 2 unspecified atom stereocenters. The molecule has 0 amide bonds. The van der Waals surface area contributed by atoms with Gasteiger partial charge in [-0.3, -0.25) is 4.84 Å². The highest BCUT2D eigenvalue weighted by Gasteiger charge is 2.35. The summed E-state index contributed by atoms with van der Waals surface area (Å²) in [5.74, 6) is 1.54. The number of benzene rings is 1. The van der Waals surface area contributed by atoms with Gasteiger partial charge in [0.2, 0.25) is 0 Å². The highest BCUT2D eigenvalue weighted by molar-refractivity contribution is 5.43. The molecule has 0 aliphatic carbocycles. The molecule has 1 aromatic carbocycles. The predicted octanol–water partition coefficient (Wildman–Crippen LogP) is 2.93. The summed E-state index contributed by atoms with van der Waals surface area (Å²) in [7, 11) is 3.32. The van der Waals surface area contributed by atoms with Crippen molar-refractivity contribution in [2.24, 2.45) is 0 Å². The van der Waals surface area contributed by atoms with Crippen LogP contribution in [-0.4, -0.2) is 31.9 Å². The molecule has 1 aromatic rings. The Bertz CT molecular complexity index is 435. The van der Waals surface area contributed by atoms with Crippen molar-refractivity contribution in [1.29, 1.82) is 0 Å². The van der Waals surface area contributed by atoms with Crippen molar-refractivity contribution < 1.29 is 14.3 Å². The van der Waals surface area contributed by atoms with Crippen molar-refractivity contribution >= 4 is 0 Å². The first-order valence-corrected chi connectivity index (χ1v) is 6.97. The van der Waals surface area contributed by atoms with E-state index in [1.807, 2.05) is 12.1 Å². The van der Waals surface area contributed by atoms with Gasteiger partial charge in [-0.1, -0.05) is 12.5 Å². The fourth-order valence-corrected chi connectivity index (χ4v) is 3.05. The average molecular weight is 263 g/mol. The number of ether oxygens (including phenoxy) is 2. The second kappa shape index (κ2) is 5.39. The second-order valence-electron chi connectivity index (χ2n) is 5.23. The van der Waals surface area contributed by atoms with Gasteiger partial charge in [0, 0.05) is 12.6 Å². The molecule has 0 saturated carbocycles. The molecule has 2 aliphatic heterocycles. The highest BCUT2D eigenvalue weighted by Crippen LogP contribution is 2.40. The first kappa shape index (κ1) is 12.8. The van der Waals surface area contributed by atoms with E-state index in [4.69, 9.17) is 14.3 Å². The second-order valence-corrected chi connectivity index (χ2v) is 5.23. The highest BCUT2D eigenvalue weighted by atomic mass is 16.7. The van der Waals surface area contributed by atoms with E-state index in [-0.39, 0.29) is 6.10 Å². The number of fused-ring (bicyclic) bond motifs is 1. The maximum Gasteiger partial charge on any atom is 0.161 e. The number of hydrogen-bond donors (Lipinski definition) is 0. The van der Waals surface area contributed by atoms with Gasteiger partial charge in [-0.15, -0.1) is 0 Å². The van der Waals surface area contributed by atoms with Gasteiger partial charge in [-0.2, -0.15) is 5.06 Å². The molecule has 2 heterocycles. The minimum atomic E-state index is 0.155. The van der Waals surface area contributed by atoms with Crippen LogP contribution in [0.2, 0.25) is 0 Å². The molecular formula is C15H21NO3. The zero-order valence-corrected chi connectivity index (χ0v) is 11.6. The van der Waals surface area contributed by atoms with Gasteiger partial charge in [-0.25, -0.2) is 0 Å². The first-order valence-electron chi connectivity index (χ1n) is 6.97. The van der Waals surface area contributed by atoms with E-state index in [2.05, 4.69) is 11.1 Å². The fraction of sp³-hybridized carbons (Fsp3) is 0.600. The Morgan fingerprint density at radius 1 is 1.16 bits per heavy atom. The number of hydrogen-bond acceptors (Lipinski definition) is 4. The molecule has 19 heavy (non-hydrogen) atoms. The van der Waals surface area contributed by atoms with Crippen LogP contribution in [0.25, 0.3) is 0 Å². The van der Waals surface area contributed by atoms with Crippen molar-refractivity contribution in [3.8, 4) is 11.5 Å². The molecule has 0 radical (unpaired) electrons. The SMILES string of the molecule is COc1ccc(C2CC3CCCCN3O2)cc1OC. The van der Waals surface area contributed by atoms with E-state index in [1.165, 1.54) is 24.8 Å².